The smallest absolute Gasteiger partial charge is 0.159 e. The second-order valence-corrected chi connectivity index (χ2v) is 7.97. The Bertz CT molecular complexity index is 954. The average molecular weight is 549 g/mol. The third kappa shape index (κ3) is 3.64. The Morgan fingerprint density at radius 2 is 0.846 bits per heavy atom. The van der Waals surface area contributed by atoms with Crippen LogP contribution in [0.25, 0.3) is 22.3 Å². The van der Waals surface area contributed by atoms with Crippen LogP contribution >= 0.6 is 47.8 Å². The maximum atomic E-state index is 13.6. The van der Waals surface area contributed by atoms with Crippen LogP contribution in [0.2, 0.25) is 0 Å². The zero-order valence-electron chi connectivity index (χ0n) is 12.7. The summed E-state index contributed by atoms with van der Waals surface area (Å²) in [5, 5.41) is 0. The standard InChI is InChI=1S/C18H6BBr3F4/c19-11-5-17(25)15(23)3-7(11)8-1-13(21)9(2-12(8)20)10-4-16(24)18(26)6-14(10)22/h1-6H. The van der Waals surface area contributed by atoms with Gasteiger partial charge in [0, 0.05) is 19.0 Å². The van der Waals surface area contributed by atoms with E-state index in [1.807, 2.05) is 0 Å². The molecule has 2 radical (unpaired) electrons. The molecule has 8 heteroatoms. The Labute approximate surface area is 173 Å². The van der Waals surface area contributed by atoms with Crippen molar-refractivity contribution in [3.8, 4) is 22.3 Å². The zero-order valence-corrected chi connectivity index (χ0v) is 17.4. The summed E-state index contributed by atoms with van der Waals surface area (Å²) in [5.74, 6) is -4.02. The van der Waals surface area contributed by atoms with Crippen molar-refractivity contribution in [1.29, 1.82) is 0 Å². The predicted octanol–water partition coefficient (Wildman–Crippen LogP) is 6.66. The molecule has 3 rings (SSSR count). The minimum absolute atomic E-state index is 0.0678. The summed E-state index contributed by atoms with van der Waals surface area (Å²) in [7, 11) is 5.81. The molecule has 0 nitrogen and oxygen atoms in total. The van der Waals surface area contributed by atoms with Crippen LogP contribution in [-0.2, 0) is 0 Å². The first kappa shape index (κ1) is 19.6. The Kier molecular flexibility index (Phi) is 5.65. The van der Waals surface area contributed by atoms with Crippen LogP contribution < -0.4 is 5.46 Å². The first-order chi connectivity index (χ1) is 12.2. The molecule has 0 saturated heterocycles. The molecule has 26 heavy (non-hydrogen) atoms. The molecular formula is C18H6BBr3F4. The van der Waals surface area contributed by atoms with Crippen molar-refractivity contribution in [3.63, 3.8) is 0 Å². The predicted molar refractivity (Wildman–Crippen MR) is 106 cm³/mol. The van der Waals surface area contributed by atoms with Gasteiger partial charge in [-0.3, -0.25) is 0 Å². The van der Waals surface area contributed by atoms with Crippen molar-refractivity contribution < 1.29 is 17.6 Å². The molecule has 0 saturated carbocycles. The summed E-state index contributed by atoms with van der Waals surface area (Å²) in [4.78, 5) is 0. The average Bonchev–Trinajstić information content (AvgIpc) is 2.56. The van der Waals surface area contributed by atoms with Gasteiger partial charge in [0.05, 0.1) is 0 Å². The van der Waals surface area contributed by atoms with Gasteiger partial charge in [-0.15, -0.1) is 0 Å². The Morgan fingerprint density at radius 1 is 0.500 bits per heavy atom. The number of rotatable bonds is 2. The highest BCUT2D eigenvalue weighted by Crippen LogP contribution is 2.40. The summed E-state index contributed by atoms with van der Waals surface area (Å²) in [6.07, 6.45) is 0. The second kappa shape index (κ2) is 7.48. The lowest BCUT2D eigenvalue weighted by atomic mass is 9.86. The molecule has 0 N–H and O–H groups in total. The molecule has 0 aliphatic carbocycles. The fraction of sp³-hybridized carbons (Fsp3) is 0. The highest BCUT2D eigenvalue weighted by Gasteiger charge is 2.17. The van der Waals surface area contributed by atoms with E-state index in [9.17, 15) is 17.6 Å². The van der Waals surface area contributed by atoms with Gasteiger partial charge < -0.3 is 0 Å². The molecule has 0 amide bonds. The number of hydrogen-bond acceptors (Lipinski definition) is 0. The topological polar surface area (TPSA) is 0 Å². The monoisotopic (exact) mass is 546 g/mol. The van der Waals surface area contributed by atoms with E-state index in [0.29, 0.717) is 35.7 Å². The Hall–Kier alpha value is -1.12. The molecule has 0 aliphatic rings. The summed E-state index contributed by atoms with van der Waals surface area (Å²) >= 11 is 9.97. The lowest BCUT2D eigenvalue weighted by Crippen LogP contribution is -2.09. The summed E-state index contributed by atoms with van der Waals surface area (Å²) < 4.78 is 55.3. The van der Waals surface area contributed by atoms with E-state index in [2.05, 4.69) is 47.8 Å². The van der Waals surface area contributed by atoms with E-state index < -0.39 is 23.3 Å². The van der Waals surface area contributed by atoms with Gasteiger partial charge in [-0.1, -0.05) is 53.3 Å². The zero-order chi connectivity index (χ0) is 19.2. The van der Waals surface area contributed by atoms with E-state index in [1.165, 1.54) is 0 Å². The summed E-state index contributed by atoms with van der Waals surface area (Å²) in [5.41, 5.74) is 1.86. The molecule has 0 aliphatic heterocycles. The molecule has 0 bridgehead atoms. The van der Waals surface area contributed by atoms with Crippen molar-refractivity contribution >= 4 is 61.1 Å². The van der Waals surface area contributed by atoms with Gasteiger partial charge in [0.1, 0.15) is 7.85 Å². The molecular weight excluding hydrogens is 543 g/mol. The van der Waals surface area contributed by atoms with Gasteiger partial charge >= 0.3 is 0 Å². The van der Waals surface area contributed by atoms with Crippen LogP contribution in [0.4, 0.5) is 17.6 Å². The van der Waals surface area contributed by atoms with Gasteiger partial charge in [-0.25, -0.2) is 17.6 Å². The fourth-order valence-corrected chi connectivity index (χ4v) is 4.13. The van der Waals surface area contributed by atoms with E-state index in [-0.39, 0.29) is 5.46 Å². The van der Waals surface area contributed by atoms with Crippen LogP contribution in [0.5, 0.6) is 0 Å². The summed E-state index contributed by atoms with van der Waals surface area (Å²) in [6, 6.07) is 7.30. The molecule has 0 spiro atoms. The first-order valence-corrected chi connectivity index (χ1v) is 9.45. The van der Waals surface area contributed by atoms with Gasteiger partial charge in [-0.05, 0) is 53.1 Å². The van der Waals surface area contributed by atoms with Gasteiger partial charge in [0.2, 0.25) is 0 Å². The van der Waals surface area contributed by atoms with Gasteiger partial charge in [0.15, 0.2) is 23.3 Å². The quantitative estimate of drug-likeness (QED) is 0.191. The third-order valence-corrected chi connectivity index (χ3v) is 5.71. The lowest BCUT2D eigenvalue weighted by molar-refractivity contribution is 0.508. The summed E-state index contributed by atoms with van der Waals surface area (Å²) in [6.45, 7) is 0. The van der Waals surface area contributed by atoms with Crippen molar-refractivity contribution in [2.24, 2.45) is 0 Å². The van der Waals surface area contributed by atoms with Crippen molar-refractivity contribution in [2.75, 3.05) is 0 Å². The van der Waals surface area contributed by atoms with E-state index in [0.717, 1.165) is 24.3 Å². The second-order valence-electron chi connectivity index (χ2n) is 5.41. The Morgan fingerprint density at radius 3 is 1.42 bits per heavy atom. The molecule has 0 aromatic heterocycles. The van der Waals surface area contributed by atoms with Crippen LogP contribution in [0.1, 0.15) is 0 Å². The van der Waals surface area contributed by atoms with Gasteiger partial charge in [0.25, 0.3) is 0 Å². The minimum atomic E-state index is -1.04. The number of benzene rings is 3. The highest BCUT2D eigenvalue weighted by molar-refractivity contribution is 9.11. The molecule has 130 valence electrons. The van der Waals surface area contributed by atoms with Crippen LogP contribution in [0.15, 0.2) is 49.8 Å². The molecule has 0 unspecified atom stereocenters. The fourth-order valence-electron chi connectivity index (χ4n) is 2.48. The third-order valence-electron chi connectivity index (χ3n) is 3.74. The normalized spacial score (nSPS) is 11.0. The lowest BCUT2D eigenvalue weighted by Gasteiger charge is -2.14. The molecule has 0 fully saturated rings. The minimum Gasteiger partial charge on any atom is -0.204 e. The molecule has 0 atom stereocenters. The van der Waals surface area contributed by atoms with Crippen LogP contribution in [0, 0.1) is 23.3 Å². The molecule has 0 heterocycles. The molecule has 3 aromatic rings. The maximum absolute atomic E-state index is 13.6. The number of hydrogen-bond donors (Lipinski definition) is 0. The molecule has 3 aromatic carbocycles. The van der Waals surface area contributed by atoms with E-state index in [4.69, 9.17) is 7.85 Å². The Balaban J connectivity index is 2.19. The maximum Gasteiger partial charge on any atom is 0.159 e. The SMILES string of the molecule is [B]c1cc(F)c(F)cc1-c1cc(Br)c(-c2cc(F)c(F)cc2Br)cc1Br. The van der Waals surface area contributed by atoms with Crippen molar-refractivity contribution in [3.05, 3.63) is 73.1 Å². The highest BCUT2D eigenvalue weighted by atomic mass is 79.9. The van der Waals surface area contributed by atoms with Gasteiger partial charge in [-0.2, -0.15) is 0 Å². The number of halogens is 7. The van der Waals surface area contributed by atoms with Crippen LogP contribution in [-0.4, -0.2) is 7.85 Å². The van der Waals surface area contributed by atoms with Crippen molar-refractivity contribution in [2.45, 2.75) is 0 Å². The largest absolute Gasteiger partial charge is 0.204 e. The van der Waals surface area contributed by atoms with E-state index >= 15 is 0 Å². The van der Waals surface area contributed by atoms with Crippen molar-refractivity contribution in [1.82, 2.24) is 0 Å². The van der Waals surface area contributed by atoms with E-state index in [1.54, 1.807) is 12.1 Å². The first-order valence-electron chi connectivity index (χ1n) is 7.08. The van der Waals surface area contributed by atoms with Crippen LogP contribution in [0.3, 0.4) is 0 Å².